The van der Waals surface area contributed by atoms with E-state index in [2.05, 4.69) is 9.55 Å². The van der Waals surface area contributed by atoms with Crippen LogP contribution in [0, 0.1) is 6.92 Å². The molecule has 4 nitrogen and oxygen atoms in total. The molecule has 2 aromatic rings. The standard InChI is InChI=1S/C15H19ClN2O2S/c1-10-5-3-7-13-14(10)18(15(17-13)11(2)16)12-6-4-8-21(19,20)9-12/h3,5,7,11-12H,4,6,8-9H2,1-2H3. The second-order valence-corrected chi connectivity index (χ2v) is 8.69. The van der Waals surface area contributed by atoms with Crippen LogP contribution in [0.3, 0.4) is 0 Å². The van der Waals surface area contributed by atoms with Crippen molar-refractivity contribution in [3.63, 3.8) is 0 Å². The van der Waals surface area contributed by atoms with E-state index in [0.717, 1.165) is 28.8 Å². The number of para-hydroxylation sites is 1. The second-order valence-electron chi connectivity index (χ2n) is 5.81. The summed E-state index contributed by atoms with van der Waals surface area (Å²) >= 11 is 6.29. The summed E-state index contributed by atoms with van der Waals surface area (Å²) < 4.78 is 26.1. The lowest BCUT2D eigenvalue weighted by atomic mass is 10.1. The highest BCUT2D eigenvalue weighted by molar-refractivity contribution is 7.91. The number of hydrogen-bond acceptors (Lipinski definition) is 3. The molecule has 1 fully saturated rings. The molecule has 0 N–H and O–H groups in total. The van der Waals surface area contributed by atoms with Gasteiger partial charge in [0.05, 0.1) is 27.9 Å². The molecule has 2 unspecified atom stereocenters. The Kier molecular flexibility index (Phi) is 3.74. The third-order valence-electron chi connectivity index (χ3n) is 4.10. The van der Waals surface area contributed by atoms with Crippen LogP contribution < -0.4 is 0 Å². The zero-order valence-electron chi connectivity index (χ0n) is 12.2. The van der Waals surface area contributed by atoms with Gasteiger partial charge >= 0.3 is 0 Å². The SMILES string of the molecule is Cc1cccc2nc(C(C)Cl)n(C3CCCS(=O)(=O)C3)c12. The quantitative estimate of drug-likeness (QED) is 0.795. The fraction of sp³-hybridized carbons (Fsp3) is 0.533. The van der Waals surface area contributed by atoms with Crippen molar-refractivity contribution < 1.29 is 8.42 Å². The predicted molar refractivity (Wildman–Crippen MR) is 85.7 cm³/mol. The highest BCUT2D eigenvalue weighted by Crippen LogP contribution is 2.34. The van der Waals surface area contributed by atoms with E-state index in [1.54, 1.807) is 0 Å². The molecule has 2 heterocycles. The van der Waals surface area contributed by atoms with Gasteiger partial charge in [-0.1, -0.05) is 12.1 Å². The van der Waals surface area contributed by atoms with Gasteiger partial charge in [0.25, 0.3) is 0 Å². The Morgan fingerprint density at radius 3 is 2.86 bits per heavy atom. The number of benzene rings is 1. The summed E-state index contributed by atoms with van der Waals surface area (Å²) in [6.45, 7) is 3.91. The molecule has 114 valence electrons. The minimum Gasteiger partial charge on any atom is -0.322 e. The second kappa shape index (κ2) is 5.29. The van der Waals surface area contributed by atoms with Gasteiger partial charge in [0.2, 0.25) is 0 Å². The Bertz CT molecular complexity index is 780. The minimum absolute atomic E-state index is 0.0638. The average Bonchev–Trinajstić information content (AvgIpc) is 2.78. The first-order valence-electron chi connectivity index (χ1n) is 7.21. The van der Waals surface area contributed by atoms with Crippen LogP contribution >= 0.6 is 11.6 Å². The number of aromatic nitrogens is 2. The molecule has 1 aromatic heterocycles. The first kappa shape index (κ1) is 14.9. The van der Waals surface area contributed by atoms with E-state index < -0.39 is 9.84 Å². The van der Waals surface area contributed by atoms with Crippen LogP contribution in [0.2, 0.25) is 0 Å². The fourth-order valence-electron chi connectivity index (χ4n) is 3.19. The number of sulfone groups is 1. The van der Waals surface area contributed by atoms with Crippen molar-refractivity contribution in [2.24, 2.45) is 0 Å². The number of nitrogens with zero attached hydrogens (tertiary/aromatic N) is 2. The number of imidazole rings is 1. The number of hydrogen-bond donors (Lipinski definition) is 0. The maximum Gasteiger partial charge on any atom is 0.152 e. The monoisotopic (exact) mass is 326 g/mol. The smallest absolute Gasteiger partial charge is 0.152 e. The molecule has 1 aromatic carbocycles. The highest BCUT2D eigenvalue weighted by atomic mass is 35.5. The first-order valence-corrected chi connectivity index (χ1v) is 9.47. The molecule has 0 radical (unpaired) electrons. The molecule has 1 saturated heterocycles. The summed E-state index contributed by atoms with van der Waals surface area (Å²) in [6.07, 6.45) is 1.56. The highest BCUT2D eigenvalue weighted by Gasteiger charge is 2.30. The predicted octanol–water partition coefficient (Wildman–Crippen LogP) is 3.39. The van der Waals surface area contributed by atoms with Crippen LogP contribution in [0.25, 0.3) is 11.0 Å². The normalized spacial score (nSPS) is 23.3. The van der Waals surface area contributed by atoms with Crippen molar-refractivity contribution in [1.29, 1.82) is 0 Å². The Morgan fingerprint density at radius 2 is 2.19 bits per heavy atom. The van der Waals surface area contributed by atoms with Crippen molar-refractivity contribution >= 4 is 32.5 Å². The van der Waals surface area contributed by atoms with Crippen molar-refractivity contribution in [3.8, 4) is 0 Å². The van der Waals surface area contributed by atoms with Crippen molar-refractivity contribution in [3.05, 3.63) is 29.6 Å². The van der Waals surface area contributed by atoms with Crippen LogP contribution in [0.1, 0.15) is 42.6 Å². The zero-order valence-corrected chi connectivity index (χ0v) is 13.8. The lowest BCUT2D eigenvalue weighted by molar-refractivity contribution is 0.466. The summed E-state index contributed by atoms with van der Waals surface area (Å²) in [7, 11) is -2.97. The van der Waals surface area contributed by atoms with Crippen molar-refractivity contribution in [2.45, 2.75) is 38.1 Å². The van der Waals surface area contributed by atoms with Crippen LogP contribution in [-0.4, -0.2) is 29.5 Å². The molecule has 1 aliphatic heterocycles. The van der Waals surface area contributed by atoms with E-state index in [9.17, 15) is 8.42 Å². The van der Waals surface area contributed by atoms with E-state index in [-0.39, 0.29) is 17.2 Å². The molecule has 2 atom stereocenters. The van der Waals surface area contributed by atoms with Crippen molar-refractivity contribution in [2.75, 3.05) is 11.5 Å². The molecule has 6 heteroatoms. The Morgan fingerprint density at radius 1 is 1.43 bits per heavy atom. The van der Waals surface area contributed by atoms with E-state index in [0.29, 0.717) is 12.2 Å². The lowest BCUT2D eigenvalue weighted by Gasteiger charge is -2.26. The molecule has 21 heavy (non-hydrogen) atoms. The molecule has 0 bridgehead atoms. The first-order chi connectivity index (χ1) is 9.89. The summed E-state index contributed by atoms with van der Waals surface area (Å²) in [5, 5.41) is -0.249. The largest absolute Gasteiger partial charge is 0.322 e. The van der Waals surface area contributed by atoms with Gasteiger partial charge < -0.3 is 4.57 Å². The van der Waals surface area contributed by atoms with E-state index in [1.165, 1.54) is 0 Å². The van der Waals surface area contributed by atoms with Crippen LogP contribution in [0.5, 0.6) is 0 Å². The van der Waals surface area contributed by atoms with E-state index in [1.807, 2.05) is 32.0 Å². The van der Waals surface area contributed by atoms with Gasteiger partial charge in [-0.3, -0.25) is 0 Å². The van der Waals surface area contributed by atoms with Gasteiger partial charge in [-0.15, -0.1) is 11.6 Å². The number of alkyl halides is 1. The molecule has 1 aliphatic rings. The molecular formula is C15H19ClN2O2S. The molecule has 3 rings (SSSR count). The maximum absolute atomic E-state index is 12.0. The van der Waals surface area contributed by atoms with E-state index in [4.69, 9.17) is 11.6 Å². The van der Waals surface area contributed by atoms with Crippen LogP contribution in [0.15, 0.2) is 18.2 Å². The summed E-state index contributed by atoms with van der Waals surface area (Å²) in [5.41, 5.74) is 3.01. The number of rotatable bonds is 2. The maximum atomic E-state index is 12.0. The Hall–Kier alpha value is -1.07. The van der Waals surface area contributed by atoms with E-state index >= 15 is 0 Å². The third-order valence-corrected chi connectivity index (χ3v) is 6.10. The molecule has 0 spiro atoms. The number of halogens is 1. The molecule has 0 aliphatic carbocycles. The van der Waals surface area contributed by atoms with Crippen molar-refractivity contribution in [1.82, 2.24) is 9.55 Å². The van der Waals surface area contributed by atoms with Crippen LogP contribution in [-0.2, 0) is 9.84 Å². The summed E-state index contributed by atoms with van der Waals surface area (Å²) in [4.78, 5) is 4.63. The topological polar surface area (TPSA) is 52.0 Å². The minimum atomic E-state index is -2.97. The van der Waals surface area contributed by atoms with Crippen LogP contribution in [0.4, 0.5) is 0 Å². The third kappa shape index (κ3) is 2.69. The average molecular weight is 327 g/mol. The number of fused-ring (bicyclic) bond motifs is 1. The lowest BCUT2D eigenvalue weighted by Crippen LogP contribution is -2.28. The summed E-state index contributed by atoms with van der Waals surface area (Å²) in [6, 6.07) is 5.89. The Balaban J connectivity index is 2.22. The Labute approximate surface area is 130 Å². The molecule has 0 amide bonds. The van der Waals surface area contributed by atoms with Gasteiger partial charge in [-0.05, 0) is 38.3 Å². The van der Waals surface area contributed by atoms with Gasteiger partial charge in [-0.25, -0.2) is 13.4 Å². The van der Waals surface area contributed by atoms with Gasteiger partial charge in [0, 0.05) is 6.04 Å². The van der Waals surface area contributed by atoms with Gasteiger partial charge in [0.1, 0.15) is 5.82 Å². The van der Waals surface area contributed by atoms with Gasteiger partial charge in [-0.2, -0.15) is 0 Å². The fourth-order valence-corrected chi connectivity index (χ4v) is 5.02. The molecular weight excluding hydrogens is 308 g/mol. The van der Waals surface area contributed by atoms with Gasteiger partial charge in [0.15, 0.2) is 9.84 Å². The zero-order chi connectivity index (χ0) is 15.2. The number of aryl methyl sites for hydroxylation is 1. The molecule has 0 saturated carbocycles. The summed E-state index contributed by atoms with van der Waals surface area (Å²) in [5.74, 6) is 1.24.